The molecular formula is C38H62O14. The molecule has 6 fully saturated rings. The van der Waals surface area contributed by atoms with E-state index in [9.17, 15) is 46.0 Å². The summed E-state index contributed by atoms with van der Waals surface area (Å²) in [5.41, 5.74) is 1.36. The third kappa shape index (κ3) is 6.44. The lowest BCUT2D eigenvalue weighted by Gasteiger charge is -2.58. The van der Waals surface area contributed by atoms with Gasteiger partial charge in [0, 0.05) is 18.9 Å². The van der Waals surface area contributed by atoms with Crippen LogP contribution in [0.4, 0.5) is 0 Å². The van der Waals surface area contributed by atoms with Crippen molar-refractivity contribution in [1.29, 1.82) is 0 Å². The average Bonchev–Trinajstić information content (AvgIpc) is 3.56. The zero-order valence-electron chi connectivity index (χ0n) is 30.8. The number of fused-ring (bicyclic) bond motifs is 7. The Bertz CT molecular complexity index is 1300. The molecule has 3 heterocycles. The van der Waals surface area contributed by atoms with E-state index in [1.165, 1.54) is 5.57 Å². The minimum atomic E-state index is -1.87. The summed E-state index contributed by atoms with van der Waals surface area (Å²) in [6.45, 7) is 8.47. The number of aliphatic hydroxyl groups excluding tert-OH is 8. The van der Waals surface area contributed by atoms with Crippen LogP contribution >= 0.6 is 0 Å². The predicted octanol–water partition coefficient (Wildman–Crippen LogP) is 0.274. The second-order valence-electron chi connectivity index (χ2n) is 17.9. The maximum atomic E-state index is 11.7. The first-order valence-electron chi connectivity index (χ1n) is 19.6. The van der Waals surface area contributed by atoms with Crippen molar-refractivity contribution in [3.63, 3.8) is 0 Å². The summed E-state index contributed by atoms with van der Waals surface area (Å²) in [6.07, 6.45) is -6.44. The van der Waals surface area contributed by atoms with Crippen LogP contribution < -0.4 is 0 Å². The average molecular weight is 743 g/mol. The van der Waals surface area contributed by atoms with Gasteiger partial charge in [-0.2, -0.15) is 0 Å². The molecule has 9 N–H and O–H groups in total. The molecule has 21 atom stereocenters. The van der Waals surface area contributed by atoms with E-state index in [4.69, 9.17) is 23.7 Å². The van der Waals surface area contributed by atoms with Crippen LogP contribution in [-0.4, -0.2) is 139 Å². The smallest absolute Gasteiger partial charge is 0.189 e. The minimum Gasteiger partial charge on any atom is -0.396 e. The van der Waals surface area contributed by atoms with Gasteiger partial charge in [-0.1, -0.05) is 39.3 Å². The summed E-state index contributed by atoms with van der Waals surface area (Å²) in [5.74, 6) is 0.745. The van der Waals surface area contributed by atoms with E-state index in [1.807, 2.05) is 6.92 Å². The molecule has 0 amide bonds. The standard InChI is InChI=1S/C38H62O14/c1-17(15-39)7-12-38(47)18(2)26-24(52-38)14-23-21-6-5-19-13-20(8-10-36(19,3)22(21)9-11-37(23,26)4)48-35-32(29(43)27(41)25(16-40)49-35)50-34-31(45)28(42)30(44)33(46)51-34/h5,17-18,20-35,39-47H,6-16H2,1-4H3/t17-,18+,20?,21-,22+,23+,24?,25?,26+,27-,28?,29?,30-,31+,32+,33?,34-,35-,36+,37+,38?/m1/s1. The molecule has 4 aliphatic carbocycles. The molecule has 7 unspecified atom stereocenters. The van der Waals surface area contributed by atoms with Gasteiger partial charge < -0.3 is 69.6 Å². The van der Waals surface area contributed by atoms with Gasteiger partial charge in [-0.15, -0.1) is 0 Å². The molecule has 0 aromatic carbocycles. The number of aliphatic hydroxyl groups is 9. The Hall–Kier alpha value is -0.820. The third-order valence-electron chi connectivity index (χ3n) is 15.0. The van der Waals surface area contributed by atoms with Gasteiger partial charge in [-0.25, -0.2) is 0 Å². The minimum absolute atomic E-state index is 0.0161. The van der Waals surface area contributed by atoms with Crippen molar-refractivity contribution >= 4 is 0 Å². The Morgan fingerprint density at radius 3 is 2.35 bits per heavy atom. The Morgan fingerprint density at radius 1 is 0.885 bits per heavy atom. The van der Waals surface area contributed by atoms with Crippen LogP contribution in [0.25, 0.3) is 0 Å². The highest BCUT2D eigenvalue weighted by Crippen LogP contribution is 2.70. The third-order valence-corrected chi connectivity index (χ3v) is 15.0. The number of allylic oxidation sites excluding steroid dienone is 1. The molecule has 14 nitrogen and oxygen atoms in total. The lowest BCUT2D eigenvalue weighted by molar-refractivity contribution is -0.388. The van der Waals surface area contributed by atoms with Crippen LogP contribution in [0.3, 0.4) is 0 Å². The molecule has 14 heteroatoms. The van der Waals surface area contributed by atoms with Crippen molar-refractivity contribution in [1.82, 2.24) is 0 Å². The molecule has 0 aromatic rings. The first kappa shape index (κ1) is 39.4. The normalized spacial score (nSPS) is 55.2. The van der Waals surface area contributed by atoms with Crippen LogP contribution in [0.15, 0.2) is 11.6 Å². The van der Waals surface area contributed by atoms with Crippen molar-refractivity contribution in [2.24, 2.45) is 46.3 Å². The number of ether oxygens (including phenoxy) is 5. The zero-order valence-corrected chi connectivity index (χ0v) is 30.8. The van der Waals surface area contributed by atoms with E-state index in [0.717, 1.165) is 38.5 Å². The predicted molar refractivity (Wildman–Crippen MR) is 181 cm³/mol. The Labute approximate surface area is 305 Å². The monoisotopic (exact) mass is 742 g/mol. The summed E-state index contributed by atoms with van der Waals surface area (Å²) in [4.78, 5) is 0. The topological polar surface area (TPSA) is 228 Å². The summed E-state index contributed by atoms with van der Waals surface area (Å²) in [5, 5.41) is 93.4. The van der Waals surface area contributed by atoms with Crippen LogP contribution in [-0.2, 0) is 23.7 Å². The Balaban J connectivity index is 1.04. The summed E-state index contributed by atoms with van der Waals surface area (Å²) >= 11 is 0. The quantitative estimate of drug-likeness (QED) is 0.145. The van der Waals surface area contributed by atoms with E-state index in [2.05, 4.69) is 26.8 Å². The molecule has 0 spiro atoms. The molecule has 298 valence electrons. The van der Waals surface area contributed by atoms with Crippen molar-refractivity contribution in [3.8, 4) is 0 Å². The van der Waals surface area contributed by atoms with Gasteiger partial charge >= 0.3 is 0 Å². The van der Waals surface area contributed by atoms with Crippen LogP contribution in [0.5, 0.6) is 0 Å². The molecule has 3 saturated heterocycles. The van der Waals surface area contributed by atoms with E-state index in [-0.39, 0.29) is 47.4 Å². The molecule has 0 bridgehead atoms. The first-order chi connectivity index (χ1) is 24.6. The van der Waals surface area contributed by atoms with Crippen LogP contribution in [0.2, 0.25) is 0 Å². The molecule has 3 aliphatic heterocycles. The second kappa shape index (κ2) is 14.6. The molecule has 3 saturated carbocycles. The lowest BCUT2D eigenvalue weighted by Crippen LogP contribution is -2.64. The van der Waals surface area contributed by atoms with Gasteiger partial charge in [-0.3, -0.25) is 0 Å². The van der Waals surface area contributed by atoms with E-state index in [1.54, 1.807) is 0 Å². The summed E-state index contributed by atoms with van der Waals surface area (Å²) < 4.78 is 29.9. The Kier molecular flexibility index (Phi) is 11.1. The van der Waals surface area contributed by atoms with Crippen molar-refractivity contribution in [3.05, 3.63) is 11.6 Å². The number of rotatable bonds is 9. The SMILES string of the molecule is C[C@@H](CO)CCC1(O)OC2C[C@H]3[C@@H]4CC=C5CC(O[C@@H]6OC(CO)[C@@H](O)C(O)[C@@H]6O[C@@H]6OC(O)[C@H](O)C(O)[C@@H]6O)CC[C@]5(C)[C@H]4CC[C@]3(C)[C@H]2[C@@H]1C. The molecule has 0 aromatic heterocycles. The van der Waals surface area contributed by atoms with E-state index in [0.29, 0.717) is 37.0 Å². The highest BCUT2D eigenvalue weighted by Gasteiger charge is 2.68. The van der Waals surface area contributed by atoms with Crippen LogP contribution in [0, 0.1) is 46.3 Å². The number of hydrogen-bond donors (Lipinski definition) is 9. The van der Waals surface area contributed by atoms with E-state index < -0.39 is 74.0 Å². The fourth-order valence-electron chi connectivity index (χ4n) is 11.9. The lowest BCUT2D eigenvalue weighted by atomic mass is 9.47. The molecule has 0 radical (unpaired) electrons. The first-order valence-corrected chi connectivity index (χ1v) is 19.6. The highest BCUT2D eigenvalue weighted by molar-refractivity contribution is 5.26. The van der Waals surface area contributed by atoms with Gasteiger partial charge in [-0.05, 0) is 91.8 Å². The maximum absolute atomic E-state index is 11.7. The second-order valence-corrected chi connectivity index (χ2v) is 17.9. The molecule has 52 heavy (non-hydrogen) atoms. The van der Waals surface area contributed by atoms with E-state index >= 15 is 0 Å². The summed E-state index contributed by atoms with van der Waals surface area (Å²) in [6, 6.07) is 0. The highest BCUT2D eigenvalue weighted by atomic mass is 16.8. The zero-order chi connectivity index (χ0) is 37.5. The number of hydrogen-bond acceptors (Lipinski definition) is 14. The molecular weight excluding hydrogens is 680 g/mol. The molecule has 7 aliphatic rings. The van der Waals surface area contributed by atoms with Crippen molar-refractivity contribution in [2.45, 2.75) is 165 Å². The Morgan fingerprint density at radius 2 is 1.63 bits per heavy atom. The van der Waals surface area contributed by atoms with Crippen LogP contribution in [0.1, 0.15) is 85.5 Å². The van der Waals surface area contributed by atoms with Crippen molar-refractivity contribution in [2.75, 3.05) is 13.2 Å². The fourth-order valence-corrected chi connectivity index (χ4v) is 11.9. The van der Waals surface area contributed by atoms with Gasteiger partial charge in [0.05, 0.1) is 18.8 Å². The van der Waals surface area contributed by atoms with Gasteiger partial charge in [0.25, 0.3) is 0 Å². The fraction of sp³-hybridized carbons (Fsp3) is 0.947. The van der Waals surface area contributed by atoms with Gasteiger partial charge in [0.15, 0.2) is 24.7 Å². The maximum Gasteiger partial charge on any atom is 0.189 e. The van der Waals surface area contributed by atoms with Gasteiger partial charge in [0.1, 0.15) is 42.7 Å². The van der Waals surface area contributed by atoms with Gasteiger partial charge in [0.2, 0.25) is 0 Å². The van der Waals surface area contributed by atoms with Crippen molar-refractivity contribution < 1.29 is 69.6 Å². The largest absolute Gasteiger partial charge is 0.396 e. The summed E-state index contributed by atoms with van der Waals surface area (Å²) in [7, 11) is 0. The molecule has 7 rings (SSSR count).